The lowest BCUT2D eigenvalue weighted by Gasteiger charge is -2.17. The molecule has 0 aliphatic carbocycles. The summed E-state index contributed by atoms with van der Waals surface area (Å²) in [6, 6.07) is 4.20. The summed E-state index contributed by atoms with van der Waals surface area (Å²) in [5.74, 6) is -2.17. The van der Waals surface area contributed by atoms with Crippen molar-refractivity contribution < 1.29 is 13.5 Å². The molecule has 0 aliphatic heterocycles. The molecule has 0 spiro atoms. The van der Waals surface area contributed by atoms with Gasteiger partial charge in [-0.2, -0.15) is 10.4 Å². The monoisotopic (exact) mass is 355 g/mol. The Balaban J connectivity index is 2.44. The van der Waals surface area contributed by atoms with E-state index < -0.39 is 11.6 Å². The second-order valence-electron chi connectivity index (χ2n) is 5.67. The van der Waals surface area contributed by atoms with Crippen molar-refractivity contribution in [2.75, 3.05) is 12.8 Å². The van der Waals surface area contributed by atoms with Crippen molar-refractivity contribution in [3.63, 3.8) is 0 Å². The third-order valence-electron chi connectivity index (χ3n) is 4.09. The summed E-state index contributed by atoms with van der Waals surface area (Å²) in [6.45, 7) is 1.66. The number of methoxy groups -OCH3 is 1. The van der Waals surface area contributed by atoms with E-state index in [1.165, 1.54) is 13.2 Å². The van der Waals surface area contributed by atoms with E-state index in [4.69, 9.17) is 10.5 Å². The molecule has 0 bridgehead atoms. The van der Waals surface area contributed by atoms with Crippen LogP contribution in [0.2, 0.25) is 0 Å². The van der Waals surface area contributed by atoms with Crippen LogP contribution in [0.25, 0.3) is 22.4 Å². The van der Waals surface area contributed by atoms with Gasteiger partial charge >= 0.3 is 0 Å². The number of halogens is 2. The SMILES string of the molecule is COc1ccc(F)c(F)c1-c1c(C)c(-c2cnn(C)c2)nc(N)c1C#N. The van der Waals surface area contributed by atoms with E-state index in [2.05, 4.69) is 10.1 Å². The lowest BCUT2D eigenvalue weighted by molar-refractivity contribution is 0.409. The van der Waals surface area contributed by atoms with Crippen LogP contribution in [0.4, 0.5) is 14.6 Å². The highest BCUT2D eigenvalue weighted by atomic mass is 19.2. The summed E-state index contributed by atoms with van der Waals surface area (Å²) < 4.78 is 35.3. The maximum Gasteiger partial charge on any atom is 0.170 e. The molecule has 2 aromatic heterocycles. The first-order valence-corrected chi connectivity index (χ1v) is 7.60. The number of aryl methyl sites for hydroxylation is 1. The van der Waals surface area contributed by atoms with E-state index >= 15 is 0 Å². The van der Waals surface area contributed by atoms with E-state index in [1.54, 1.807) is 31.0 Å². The second-order valence-corrected chi connectivity index (χ2v) is 5.67. The molecule has 0 atom stereocenters. The number of ether oxygens (including phenoxy) is 1. The molecule has 1 aromatic carbocycles. The number of pyridine rings is 1. The van der Waals surface area contributed by atoms with Crippen LogP contribution in [0, 0.1) is 29.9 Å². The third-order valence-corrected chi connectivity index (χ3v) is 4.09. The number of benzene rings is 1. The second kappa shape index (κ2) is 6.44. The Bertz CT molecular complexity index is 1050. The lowest BCUT2D eigenvalue weighted by Crippen LogP contribution is -2.05. The molecule has 0 saturated carbocycles. The molecule has 0 amide bonds. The molecule has 26 heavy (non-hydrogen) atoms. The summed E-state index contributed by atoms with van der Waals surface area (Å²) in [5.41, 5.74) is 7.41. The number of hydrogen-bond donors (Lipinski definition) is 1. The summed E-state index contributed by atoms with van der Waals surface area (Å²) in [7, 11) is 3.08. The molecule has 3 rings (SSSR count). The van der Waals surface area contributed by atoms with Gasteiger partial charge in [0.15, 0.2) is 11.6 Å². The Labute approximate surface area is 148 Å². The molecule has 0 aliphatic rings. The number of anilines is 1. The normalized spacial score (nSPS) is 10.6. The molecule has 0 radical (unpaired) electrons. The summed E-state index contributed by atoms with van der Waals surface area (Å²) >= 11 is 0. The molecule has 8 heteroatoms. The van der Waals surface area contributed by atoms with Crippen molar-refractivity contribution in [2.24, 2.45) is 7.05 Å². The van der Waals surface area contributed by atoms with E-state index in [0.717, 1.165) is 6.07 Å². The van der Waals surface area contributed by atoms with Crippen molar-refractivity contribution in [1.82, 2.24) is 14.8 Å². The van der Waals surface area contributed by atoms with Gasteiger partial charge in [-0.15, -0.1) is 0 Å². The van der Waals surface area contributed by atoms with Crippen LogP contribution >= 0.6 is 0 Å². The van der Waals surface area contributed by atoms with Crippen LogP contribution in [0.1, 0.15) is 11.1 Å². The zero-order valence-corrected chi connectivity index (χ0v) is 14.3. The molecule has 2 N–H and O–H groups in total. The van der Waals surface area contributed by atoms with Crippen LogP contribution in [0.5, 0.6) is 5.75 Å². The maximum atomic E-state index is 14.7. The van der Waals surface area contributed by atoms with Gasteiger partial charge in [-0.1, -0.05) is 0 Å². The van der Waals surface area contributed by atoms with Gasteiger partial charge in [-0.25, -0.2) is 13.8 Å². The van der Waals surface area contributed by atoms with Gasteiger partial charge < -0.3 is 10.5 Å². The number of nitrogens with zero attached hydrogens (tertiary/aromatic N) is 4. The molecule has 0 unspecified atom stereocenters. The van der Waals surface area contributed by atoms with Crippen molar-refractivity contribution in [1.29, 1.82) is 5.26 Å². The number of nitrogens with two attached hydrogens (primary N) is 1. The average Bonchev–Trinajstić information content (AvgIpc) is 3.05. The Morgan fingerprint density at radius 3 is 2.58 bits per heavy atom. The predicted octanol–water partition coefficient (Wildman–Crippen LogP) is 3.20. The molecule has 0 saturated heterocycles. The maximum absolute atomic E-state index is 14.7. The van der Waals surface area contributed by atoms with Crippen LogP contribution in [0.3, 0.4) is 0 Å². The third kappa shape index (κ3) is 2.63. The number of aromatic nitrogens is 3. The van der Waals surface area contributed by atoms with Crippen LogP contribution in [0.15, 0.2) is 24.5 Å². The fourth-order valence-corrected chi connectivity index (χ4v) is 2.88. The Hall–Kier alpha value is -3.47. The van der Waals surface area contributed by atoms with Crippen molar-refractivity contribution in [2.45, 2.75) is 6.92 Å². The average molecular weight is 355 g/mol. The van der Waals surface area contributed by atoms with Crippen LogP contribution in [-0.2, 0) is 7.05 Å². The van der Waals surface area contributed by atoms with Crippen LogP contribution in [-0.4, -0.2) is 21.9 Å². The van der Waals surface area contributed by atoms with Gasteiger partial charge in [0.25, 0.3) is 0 Å². The van der Waals surface area contributed by atoms with E-state index in [1.807, 2.05) is 6.07 Å². The summed E-state index contributed by atoms with van der Waals surface area (Å²) in [6.07, 6.45) is 3.29. The quantitative estimate of drug-likeness (QED) is 0.779. The molecular formula is C18H15F2N5O. The zero-order chi connectivity index (χ0) is 19.0. The Morgan fingerprint density at radius 1 is 1.27 bits per heavy atom. The number of hydrogen-bond acceptors (Lipinski definition) is 5. The standard InChI is InChI=1S/C18H15F2N5O/c1-9-14(15-13(26-3)5-4-12(19)16(15)20)11(6-21)18(22)24-17(9)10-7-23-25(2)8-10/h4-5,7-8H,1-3H3,(H2,22,24). The topological polar surface area (TPSA) is 89.8 Å². The van der Waals surface area contributed by atoms with Gasteiger partial charge in [0.1, 0.15) is 23.2 Å². The van der Waals surface area contributed by atoms with Gasteiger partial charge in [0.2, 0.25) is 0 Å². The summed E-state index contributed by atoms with van der Waals surface area (Å²) in [5, 5.41) is 13.6. The highest BCUT2D eigenvalue weighted by Gasteiger charge is 2.25. The number of rotatable bonds is 3. The van der Waals surface area contributed by atoms with Crippen molar-refractivity contribution in [3.05, 3.63) is 47.3 Å². The fourth-order valence-electron chi connectivity index (χ4n) is 2.88. The molecule has 0 fully saturated rings. The van der Waals surface area contributed by atoms with E-state index in [-0.39, 0.29) is 28.3 Å². The number of nitrogen functional groups attached to an aromatic ring is 1. The van der Waals surface area contributed by atoms with Gasteiger partial charge in [0, 0.05) is 24.4 Å². The minimum absolute atomic E-state index is 0.0436. The van der Waals surface area contributed by atoms with Gasteiger partial charge in [-0.05, 0) is 24.6 Å². The molecule has 3 aromatic rings. The van der Waals surface area contributed by atoms with Crippen LogP contribution < -0.4 is 10.5 Å². The highest BCUT2D eigenvalue weighted by Crippen LogP contribution is 2.41. The van der Waals surface area contributed by atoms with E-state index in [0.29, 0.717) is 16.8 Å². The van der Waals surface area contributed by atoms with Gasteiger partial charge in [-0.3, -0.25) is 4.68 Å². The molecule has 2 heterocycles. The zero-order valence-electron chi connectivity index (χ0n) is 14.3. The predicted molar refractivity (Wildman–Crippen MR) is 92.2 cm³/mol. The van der Waals surface area contributed by atoms with E-state index in [9.17, 15) is 14.0 Å². The van der Waals surface area contributed by atoms with Crippen molar-refractivity contribution >= 4 is 5.82 Å². The van der Waals surface area contributed by atoms with Gasteiger partial charge in [0.05, 0.1) is 24.6 Å². The van der Waals surface area contributed by atoms with Crippen molar-refractivity contribution in [3.8, 4) is 34.2 Å². The molecular weight excluding hydrogens is 340 g/mol. The first-order chi connectivity index (χ1) is 12.4. The first-order valence-electron chi connectivity index (χ1n) is 7.60. The Morgan fingerprint density at radius 2 is 2.00 bits per heavy atom. The minimum atomic E-state index is -1.12. The molecule has 132 valence electrons. The Kier molecular flexibility index (Phi) is 4.30. The fraction of sp³-hybridized carbons (Fsp3) is 0.167. The first kappa shape index (κ1) is 17.4. The largest absolute Gasteiger partial charge is 0.496 e. The smallest absolute Gasteiger partial charge is 0.170 e. The number of nitriles is 1. The highest BCUT2D eigenvalue weighted by molar-refractivity contribution is 5.86. The summed E-state index contributed by atoms with van der Waals surface area (Å²) in [4.78, 5) is 4.27. The minimum Gasteiger partial charge on any atom is -0.496 e. The molecule has 6 nitrogen and oxygen atoms in total. The lowest BCUT2D eigenvalue weighted by atomic mass is 9.92.